The van der Waals surface area contributed by atoms with Crippen molar-refractivity contribution in [2.45, 2.75) is 0 Å². The van der Waals surface area contributed by atoms with Crippen LogP contribution >= 0.6 is 22.6 Å². The number of hydrogen-bond acceptors (Lipinski definition) is 4. The van der Waals surface area contributed by atoms with Crippen LogP contribution in [0.2, 0.25) is 0 Å². The number of pyridine rings is 2. The van der Waals surface area contributed by atoms with Crippen molar-refractivity contribution in [3.8, 4) is 0 Å². The number of rotatable bonds is 2. The first-order valence-corrected chi connectivity index (χ1v) is 6.95. The number of anilines is 2. The fourth-order valence-corrected chi connectivity index (χ4v) is 1.79. The van der Waals surface area contributed by atoms with Crippen LogP contribution in [0, 0.1) is 3.70 Å². The molecule has 0 aliphatic rings. The molecule has 102 valence electrons. The van der Waals surface area contributed by atoms with Crippen molar-refractivity contribution in [3.05, 3.63) is 46.6 Å². The highest BCUT2D eigenvalue weighted by atomic mass is 127. The molecular formula is C14H19IN4. The summed E-state index contributed by atoms with van der Waals surface area (Å²) in [4.78, 5) is 12.1. The quantitative estimate of drug-likeness (QED) is 0.601. The zero-order valence-corrected chi connectivity index (χ0v) is 13.9. The largest absolute Gasteiger partial charge is 0.378 e. The van der Waals surface area contributed by atoms with Crippen molar-refractivity contribution < 1.29 is 0 Å². The van der Waals surface area contributed by atoms with E-state index in [1.807, 2.05) is 63.6 Å². The molecule has 2 aromatic heterocycles. The Morgan fingerprint density at radius 2 is 1.37 bits per heavy atom. The second-order valence-corrected chi connectivity index (χ2v) is 5.44. The predicted molar refractivity (Wildman–Crippen MR) is 89.8 cm³/mol. The number of nitrogens with zero attached hydrogens (tertiary/aromatic N) is 4. The summed E-state index contributed by atoms with van der Waals surface area (Å²) in [7, 11) is 8.06. The van der Waals surface area contributed by atoms with E-state index < -0.39 is 0 Å². The smallest absolute Gasteiger partial charge is 0.103 e. The minimum atomic E-state index is 1.03. The fourth-order valence-electron chi connectivity index (χ4n) is 1.31. The third-order valence-corrected chi connectivity index (χ3v) is 3.00. The Bertz CT molecular complexity index is 486. The summed E-state index contributed by atoms with van der Waals surface area (Å²) in [5.74, 6) is 0. The van der Waals surface area contributed by atoms with Crippen molar-refractivity contribution in [1.82, 2.24) is 9.97 Å². The van der Waals surface area contributed by atoms with Crippen LogP contribution in [0.5, 0.6) is 0 Å². The fraction of sp³-hybridized carbons (Fsp3) is 0.286. The van der Waals surface area contributed by atoms with Crippen LogP contribution in [0.1, 0.15) is 0 Å². The van der Waals surface area contributed by atoms with Gasteiger partial charge in [0.15, 0.2) is 0 Å². The van der Waals surface area contributed by atoms with E-state index in [-0.39, 0.29) is 0 Å². The van der Waals surface area contributed by atoms with Gasteiger partial charge in [0.05, 0.1) is 0 Å². The molecule has 0 aliphatic heterocycles. The maximum absolute atomic E-state index is 4.08. The van der Waals surface area contributed by atoms with Crippen LogP contribution in [0.3, 0.4) is 0 Å². The Morgan fingerprint density at radius 3 is 1.74 bits per heavy atom. The molecule has 0 aliphatic carbocycles. The van der Waals surface area contributed by atoms with Gasteiger partial charge in [-0.15, -0.1) is 0 Å². The van der Waals surface area contributed by atoms with Gasteiger partial charge in [-0.05, 0) is 46.9 Å². The van der Waals surface area contributed by atoms with Gasteiger partial charge in [0.1, 0.15) is 3.70 Å². The second-order valence-electron chi connectivity index (χ2n) is 4.33. The SMILES string of the molecule is CN(C)c1ccnc(I)c1.CN(C)c1ccncc1. The van der Waals surface area contributed by atoms with Crippen LogP contribution in [-0.4, -0.2) is 38.2 Å². The Kier molecular flexibility index (Phi) is 6.55. The lowest BCUT2D eigenvalue weighted by Gasteiger charge is -2.11. The highest BCUT2D eigenvalue weighted by Gasteiger charge is 1.93. The first kappa shape index (κ1) is 15.7. The molecule has 5 heteroatoms. The second kappa shape index (κ2) is 7.93. The molecule has 0 N–H and O–H groups in total. The summed E-state index contributed by atoms with van der Waals surface area (Å²) in [5, 5.41) is 0. The normalized spacial score (nSPS) is 9.32. The van der Waals surface area contributed by atoms with E-state index in [1.165, 1.54) is 11.4 Å². The van der Waals surface area contributed by atoms with Crippen LogP contribution in [0.25, 0.3) is 0 Å². The van der Waals surface area contributed by atoms with Crippen molar-refractivity contribution in [2.75, 3.05) is 38.0 Å². The lowest BCUT2D eigenvalue weighted by molar-refractivity contribution is 1.11. The molecule has 2 rings (SSSR count). The van der Waals surface area contributed by atoms with Crippen LogP contribution < -0.4 is 9.80 Å². The third kappa shape index (κ3) is 5.87. The van der Waals surface area contributed by atoms with Gasteiger partial charge in [-0.1, -0.05) is 0 Å². The summed E-state index contributed by atoms with van der Waals surface area (Å²) >= 11 is 2.20. The molecule has 0 saturated heterocycles. The summed E-state index contributed by atoms with van der Waals surface area (Å²) in [5.41, 5.74) is 2.38. The van der Waals surface area contributed by atoms with Crippen LogP contribution in [0.15, 0.2) is 42.9 Å². The van der Waals surface area contributed by atoms with E-state index >= 15 is 0 Å². The summed E-state index contributed by atoms with van der Waals surface area (Å²) in [6, 6.07) is 7.97. The molecule has 0 radical (unpaired) electrons. The highest BCUT2D eigenvalue weighted by Crippen LogP contribution is 2.11. The van der Waals surface area contributed by atoms with E-state index in [1.54, 1.807) is 12.4 Å². The highest BCUT2D eigenvalue weighted by molar-refractivity contribution is 14.1. The van der Waals surface area contributed by atoms with Crippen molar-refractivity contribution in [2.24, 2.45) is 0 Å². The molecule has 2 heterocycles. The molecule has 2 aromatic rings. The molecular weight excluding hydrogens is 351 g/mol. The van der Waals surface area contributed by atoms with Gasteiger partial charge in [-0.25, -0.2) is 0 Å². The monoisotopic (exact) mass is 370 g/mol. The number of hydrogen-bond donors (Lipinski definition) is 0. The Morgan fingerprint density at radius 1 is 0.842 bits per heavy atom. The predicted octanol–water partition coefficient (Wildman–Crippen LogP) is 2.90. The maximum atomic E-state index is 4.08. The topological polar surface area (TPSA) is 32.3 Å². The summed E-state index contributed by atoms with van der Waals surface area (Å²) in [6.07, 6.45) is 5.39. The first-order chi connectivity index (χ1) is 9.00. The molecule has 0 unspecified atom stereocenters. The van der Waals surface area contributed by atoms with E-state index in [0.29, 0.717) is 0 Å². The molecule has 4 nitrogen and oxygen atoms in total. The Balaban J connectivity index is 0.000000191. The van der Waals surface area contributed by atoms with Crippen LogP contribution in [0.4, 0.5) is 11.4 Å². The lowest BCUT2D eigenvalue weighted by Crippen LogP contribution is -2.08. The van der Waals surface area contributed by atoms with E-state index in [2.05, 4.69) is 37.5 Å². The molecule has 0 saturated carbocycles. The third-order valence-electron chi connectivity index (χ3n) is 2.41. The molecule has 0 spiro atoms. The van der Waals surface area contributed by atoms with Gasteiger partial charge >= 0.3 is 0 Å². The van der Waals surface area contributed by atoms with Crippen molar-refractivity contribution in [1.29, 1.82) is 0 Å². The number of aromatic nitrogens is 2. The molecule has 0 amide bonds. The minimum absolute atomic E-state index is 1.03. The average Bonchev–Trinajstić information content (AvgIpc) is 2.40. The zero-order valence-electron chi connectivity index (χ0n) is 11.7. The van der Waals surface area contributed by atoms with Gasteiger partial charge < -0.3 is 9.80 Å². The molecule has 0 atom stereocenters. The molecule has 0 bridgehead atoms. The van der Waals surface area contributed by atoms with Gasteiger partial charge in [0, 0.05) is 58.2 Å². The van der Waals surface area contributed by atoms with Crippen LogP contribution in [-0.2, 0) is 0 Å². The minimum Gasteiger partial charge on any atom is -0.378 e. The first-order valence-electron chi connectivity index (χ1n) is 5.87. The van der Waals surface area contributed by atoms with Gasteiger partial charge in [0.2, 0.25) is 0 Å². The van der Waals surface area contributed by atoms with E-state index in [4.69, 9.17) is 0 Å². The summed E-state index contributed by atoms with van der Waals surface area (Å²) < 4.78 is 1.03. The van der Waals surface area contributed by atoms with Gasteiger partial charge in [0.25, 0.3) is 0 Å². The summed E-state index contributed by atoms with van der Waals surface area (Å²) in [6.45, 7) is 0. The van der Waals surface area contributed by atoms with Gasteiger partial charge in [-0.3, -0.25) is 9.97 Å². The standard InChI is InChI=1S/C7H9IN2.C7H10N2/c1-10(2)6-3-4-9-7(8)5-6;1-9(2)7-3-5-8-6-4-7/h3-5H,1-2H3;3-6H,1-2H3. The van der Waals surface area contributed by atoms with Crippen molar-refractivity contribution >= 4 is 34.0 Å². The van der Waals surface area contributed by atoms with E-state index in [9.17, 15) is 0 Å². The molecule has 0 fully saturated rings. The lowest BCUT2D eigenvalue weighted by atomic mass is 10.4. The Hall–Kier alpha value is -1.37. The van der Waals surface area contributed by atoms with Gasteiger partial charge in [-0.2, -0.15) is 0 Å². The Labute approximate surface area is 128 Å². The zero-order chi connectivity index (χ0) is 14.3. The van der Waals surface area contributed by atoms with E-state index in [0.717, 1.165) is 3.70 Å². The molecule has 0 aromatic carbocycles. The van der Waals surface area contributed by atoms with Crippen molar-refractivity contribution in [3.63, 3.8) is 0 Å². The molecule has 19 heavy (non-hydrogen) atoms. The maximum Gasteiger partial charge on any atom is 0.103 e. The number of halogens is 1. The average molecular weight is 370 g/mol.